The standard InChI is InChI=1S/C22H21ClO3/c1-2-14(15-10-12-16(23)13-11-15)6-5-9-19-20(24)17-7-3-4-8-18(17)21(25)22(19)26/h3-5,7-14,24-26H,2,6H2,1H3/b9-5+. The van der Waals surface area contributed by atoms with Crippen molar-refractivity contribution >= 4 is 28.4 Å². The maximum absolute atomic E-state index is 10.5. The number of phenols is 3. The van der Waals surface area contributed by atoms with Crippen molar-refractivity contribution < 1.29 is 15.3 Å². The van der Waals surface area contributed by atoms with Gasteiger partial charge < -0.3 is 15.3 Å². The number of allylic oxidation sites excluding steroid dienone is 1. The van der Waals surface area contributed by atoms with Gasteiger partial charge in [0.2, 0.25) is 0 Å². The Labute approximate surface area is 157 Å². The summed E-state index contributed by atoms with van der Waals surface area (Å²) in [5.41, 5.74) is 1.42. The minimum absolute atomic E-state index is 0.0355. The van der Waals surface area contributed by atoms with Gasteiger partial charge >= 0.3 is 0 Å². The molecule has 3 N–H and O–H groups in total. The molecule has 0 radical (unpaired) electrons. The summed E-state index contributed by atoms with van der Waals surface area (Å²) >= 11 is 5.95. The fraction of sp³-hybridized carbons (Fsp3) is 0.182. The second-order valence-electron chi connectivity index (χ2n) is 6.30. The highest BCUT2D eigenvalue weighted by molar-refractivity contribution is 6.30. The highest BCUT2D eigenvalue weighted by Crippen LogP contribution is 2.44. The van der Waals surface area contributed by atoms with E-state index in [0.717, 1.165) is 12.8 Å². The number of hydrogen-bond donors (Lipinski definition) is 3. The van der Waals surface area contributed by atoms with Gasteiger partial charge in [-0.1, -0.05) is 67.1 Å². The normalized spacial score (nSPS) is 12.7. The molecule has 0 fully saturated rings. The first kappa shape index (κ1) is 18.2. The lowest BCUT2D eigenvalue weighted by Crippen LogP contribution is -1.95. The average Bonchev–Trinajstić information content (AvgIpc) is 2.67. The number of aromatic hydroxyl groups is 3. The van der Waals surface area contributed by atoms with Crippen LogP contribution in [0, 0.1) is 0 Å². The molecule has 0 aliphatic carbocycles. The quantitative estimate of drug-likeness (QED) is 0.370. The highest BCUT2D eigenvalue weighted by Gasteiger charge is 2.16. The van der Waals surface area contributed by atoms with Gasteiger partial charge in [-0.3, -0.25) is 0 Å². The minimum atomic E-state index is -0.308. The van der Waals surface area contributed by atoms with Gasteiger partial charge in [0, 0.05) is 15.8 Å². The van der Waals surface area contributed by atoms with E-state index in [2.05, 4.69) is 6.92 Å². The molecule has 0 amide bonds. The molecular weight excluding hydrogens is 348 g/mol. The van der Waals surface area contributed by atoms with Crippen molar-refractivity contribution in [2.24, 2.45) is 0 Å². The number of hydrogen-bond acceptors (Lipinski definition) is 3. The van der Waals surface area contributed by atoms with E-state index in [1.54, 1.807) is 30.3 Å². The van der Waals surface area contributed by atoms with Crippen molar-refractivity contribution in [1.29, 1.82) is 0 Å². The molecule has 0 aliphatic heterocycles. The summed E-state index contributed by atoms with van der Waals surface area (Å²) in [6.07, 6.45) is 5.26. The molecule has 0 saturated carbocycles. The summed E-state index contributed by atoms with van der Waals surface area (Å²) in [6.45, 7) is 2.11. The van der Waals surface area contributed by atoms with Crippen LogP contribution in [0.5, 0.6) is 17.2 Å². The second-order valence-corrected chi connectivity index (χ2v) is 6.74. The van der Waals surface area contributed by atoms with Crippen molar-refractivity contribution in [3.8, 4) is 17.2 Å². The van der Waals surface area contributed by atoms with Gasteiger partial charge in [0.25, 0.3) is 0 Å². The smallest absolute Gasteiger partial charge is 0.169 e. The first-order valence-corrected chi connectivity index (χ1v) is 8.98. The van der Waals surface area contributed by atoms with Crippen molar-refractivity contribution in [2.45, 2.75) is 25.7 Å². The molecule has 0 heterocycles. The zero-order valence-corrected chi connectivity index (χ0v) is 15.2. The molecule has 4 heteroatoms. The van der Waals surface area contributed by atoms with E-state index in [9.17, 15) is 15.3 Å². The summed E-state index contributed by atoms with van der Waals surface area (Å²) in [5, 5.41) is 32.6. The third-order valence-electron chi connectivity index (χ3n) is 4.71. The lowest BCUT2D eigenvalue weighted by Gasteiger charge is -2.14. The number of halogens is 1. The van der Waals surface area contributed by atoms with Gasteiger partial charge in [-0.15, -0.1) is 0 Å². The van der Waals surface area contributed by atoms with Crippen LogP contribution in [0.2, 0.25) is 5.02 Å². The Kier molecular flexibility index (Phi) is 5.38. The van der Waals surface area contributed by atoms with E-state index < -0.39 is 0 Å². The van der Waals surface area contributed by atoms with E-state index in [4.69, 9.17) is 11.6 Å². The molecule has 3 aromatic carbocycles. The van der Waals surface area contributed by atoms with Crippen LogP contribution < -0.4 is 0 Å². The van der Waals surface area contributed by atoms with E-state index >= 15 is 0 Å². The van der Waals surface area contributed by atoms with Crippen molar-refractivity contribution in [3.63, 3.8) is 0 Å². The Morgan fingerprint density at radius 1 is 0.885 bits per heavy atom. The predicted molar refractivity (Wildman–Crippen MR) is 107 cm³/mol. The molecule has 0 spiro atoms. The lowest BCUT2D eigenvalue weighted by molar-refractivity contribution is 0.401. The lowest BCUT2D eigenvalue weighted by atomic mass is 9.92. The van der Waals surface area contributed by atoms with E-state index in [0.29, 0.717) is 21.7 Å². The number of phenolic OH excluding ortho intramolecular Hbond substituents is 3. The number of rotatable bonds is 5. The summed E-state index contributed by atoms with van der Waals surface area (Å²) in [7, 11) is 0. The van der Waals surface area contributed by atoms with Crippen LogP contribution in [-0.2, 0) is 0 Å². The highest BCUT2D eigenvalue weighted by atomic mass is 35.5. The third-order valence-corrected chi connectivity index (χ3v) is 4.96. The molecule has 0 saturated heterocycles. The van der Waals surface area contributed by atoms with E-state index in [1.165, 1.54) is 5.56 Å². The van der Waals surface area contributed by atoms with Gasteiger partial charge in [-0.05, 0) is 36.5 Å². The molecule has 0 bridgehead atoms. The van der Waals surface area contributed by atoms with Gasteiger partial charge in [0.15, 0.2) is 11.5 Å². The predicted octanol–water partition coefficient (Wildman–Crippen LogP) is 6.21. The van der Waals surface area contributed by atoms with E-state index in [-0.39, 0.29) is 22.8 Å². The molecule has 0 aromatic heterocycles. The Morgan fingerprint density at radius 3 is 2.12 bits per heavy atom. The molecule has 1 unspecified atom stereocenters. The maximum Gasteiger partial charge on any atom is 0.169 e. The fourth-order valence-corrected chi connectivity index (χ4v) is 3.32. The summed E-state index contributed by atoms with van der Waals surface area (Å²) < 4.78 is 0. The van der Waals surface area contributed by atoms with Crippen LogP contribution in [-0.4, -0.2) is 15.3 Å². The van der Waals surface area contributed by atoms with Crippen LogP contribution >= 0.6 is 11.6 Å². The summed E-state index contributed by atoms with van der Waals surface area (Å²) in [6, 6.07) is 14.7. The average molecular weight is 369 g/mol. The van der Waals surface area contributed by atoms with E-state index in [1.807, 2.05) is 30.3 Å². The SMILES string of the molecule is CCC(C/C=C/c1c(O)c(O)c2ccccc2c1O)c1ccc(Cl)cc1. The Morgan fingerprint density at radius 2 is 1.50 bits per heavy atom. The number of benzene rings is 3. The zero-order chi connectivity index (χ0) is 18.7. The molecule has 0 aliphatic rings. The zero-order valence-electron chi connectivity index (χ0n) is 14.5. The number of fused-ring (bicyclic) bond motifs is 1. The second kappa shape index (κ2) is 7.71. The molecular formula is C22H21ClO3. The third kappa shape index (κ3) is 3.49. The Bertz CT molecular complexity index is 946. The van der Waals surface area contributed by atoms with Gasteiger partial charge in [0.05, 0.1) is 5.56 Å². The largest absolute Gasteiger partial charge is 0.507 e. The molecule has 134 valence electrons. The molecule has 3 nitrogen and oxygen atoms in total. The van der Waals surface area contributed by atoms with Crippen LogP contribution in [0.15, 0.2) is 54.6 Å². The van der Waals surface area contributed by atoms with Crippen molar-refractivity contribution in [1.82, 2.24) is 0 Å². The fourth-order valence-electron chi connectivity index (χ4n) is 3.19. The van der Waals surface area contributed by atoms with Crippen molar-refractivity contribution in [2.75, 3.05) is 0 Å². The Hall–Kier alpha value is -2.65. The minimum Gasteiger partial charge on any atom is -0.507 e. The summed E-state index contributed by atoms with van der Waals surface area (Å²) in [4.78, 5) is 0. The molecule has 26 heavy (non-hydrogen) atoms. The maximum atomic E-state index is 10.5. The topological polar surface area (TPSA) is 60.7 Å². The molecule has 3 aromatic rings. The molecule has 3 rings (SSSR count). The monoisotopic (exact) mass is 368 g/mol. The Balaban J connectivity index is 1.89. The first-order chi connectivity index (χ1) is 12.5. The van der Waals surface area contributed by atoms with Gasteiger partial charge in [0.1, 0.15) is 5.75 Å². The van der Waals surface area contributed by atoms with Crippen LogP contribution in [0.3, 0.4) is 0 Å². The molecule has 1 atom stereocenters. The van der Waals surface area contributed by atoms with Gasteiger partial charge in [-0.25, -0.2) is 0 Å². The van der Waals surface area contributed by atoms with Crippen LogP contribution in [0.1, 0.15) is 36.8 Å². The van der Waals surface area contributed by atoms with Crippen molar-refractivity contribution in [3.05, 3.63) is 70.8 Å². The first-order valence-electron chi connectivity index (χ1n) is 8.60. The summed E-state index contributed by atoms with van der Waals surface area (Å²) in [5.74, 6) is -0.256. The van der Waals surface area contributed by atoms with Gasteiger partial charge in [-0.2, -0.15) is 0 Å². The van der Waals surface area contributed by atoms with Crippen LogP contribution in [0.4, 0.5) is 0 Å². The van der Waals surface area contributed by atoms with Crippen LogP contribution in [0.25, 0.3) is 16.8 Å².